The Balaban J connectivity index is 1.67. The fourth-order valence-electron chi connectivity index (χ4n) is 2.76. The number of pyridine rings is 1. The molecule has 1 aliphatic heterocycles. The van der Waals surface area contributed by atoms with Crippen molar-refractivity contribution in [2.24, 2.45) is 0 Å². The van der Waals surface area contributed by atoms with Crippen molar-refractivity contribution in [1.82, 2.24) is 9.88 Å². The van der Waals surface area contributed by atoms with Crippen LogP contribution in [0.25, 0.3) is 0 Å². The van der Waals surface area contributed by atoms with Gasteiger partial charge < -0.3 is 19.3 Å². The van der Waals surface area contributed by atoms with Crippen LogP contribution < -0.4 is 14.4 Å². The van der Waals surface area contributed by atoms with Crippen molar-refractivity contribution in [2.45, 2.75) is 12.5 Å². The van der Waals surface area contributed by atoms with E-state index in [1.165, 1.54) is 11.3 Å². The number of ether oxygens (including phenoxy) is 2. The molecule has 0 aliphatic carbocycles. The van der Waals surface area contributed by atoms with Crippen molar-refractivity contribution in [3.05, 3.63) is 34.7 Å². The third kappa shape index (κ3) is 3.31. The first-order valence-electron chi connectivity index (χ1n) is 7.80. The van der Waals surface area contributed by atoms with Crippen molar-refractivity contribution in [3.63, 3.8) is 0 Å². The largest absolute Gasteiger partial charge is 0.495 e. The van der Waals surface area contributed by atoms with Crippen molar-refractivity contribution >= 4 is 23.1 Å². The number of methoxy groups -OCH3 is 1. The molecule has 6 nitrogen and oxygen atoms in total. The van der Waals surface area contributed by atoms with Gasteiger partial charge in [0.2, 0.25) is 0 Å². The second kappa shape index (κ2) is 7.09. The number of carbonyl (C=O) groups excluding carboxylic acids is 1. The van der Waals surface area contributed by atoms with Crippen molar-refractivity contribution in [2.75, 3.05) is 39.2 Å². The van der Waals surface area contributed by atoms with Gasteiger partial charge in [-0.25, -0.2) is 4.98 Å². The molecule has 1 atom stereocenters. The molecular formula is C17H21N3O3S. The summed E-state index contributed by atoms with van der Waals surface area (Å²) in [5.41, 5.74) is 0. The van der Waals surface area contributed by atoms with E-state index in [1.54, 1.807) is 13.3 Å². The zero-order valence-corrected chi connectivity index (χ0v) is 14.9. The molecule has 1 amide bonds. The quantitative estimate of drug-likeness (QED) is 0.832. The van der Waals surface area contributed by atoms with E-state index < -0.39 is 0 Å². The second-order valence-corrected chi connectivity index (χ2v) is 6.73. The van der Waals surface area contributed by atoms with Crippen LogP contribution in [0.15, 0.2) is 29.8 Å². The van der Waals surface area contributed by atoms with Crippen LogP contribution in [0, 0.1) is 0 Å². The number of thiophene rings is 1. The van der Waals surface area contributed by atoms with Gasteiger partial charge in [-0.1, -0.05) is 0 Å². The lowest BCUT2D eigenvalue weighted by molar-refractivity contribution is 0.0774. The lowest BCUT2D eigenvalue weighted by Gasteiger charge is -2.20. The molecule has 0 aromatic carbocycles. The van der Waals surface area contributed by atoms with Crippen LogP contribution in [0.3, 0.4) is 0 Å². The van der Waals surface area contributed by atoms with Gasteiger partial charge >= 0.3 is 0 Å². The van der Waals surface area contributed by atoms with Crippen molar-refractivity contribution in [3.8, 4) is 11.5 Å². The molecule has 24 heavy (non-hydrogen) atoms. The number of amides is 1. The highest BCUT2D eigenvalue weighted by Gasteiger charge is 2.30. The van der Waals surface area contributed by atoms with E-state index in [9.17, 15) is 4.79 Å². The Morgan fingerprint density at radius 1 is 1.38 bits per heavy atom. The van der Waals surface area contributed by atoms with Crippen molar-refractivity contribution in [1.29, 1.82) is 0 Å². The summed E-state index contributed by atoms with van der Waals surface area (Å²) in [5, 5.41) is 1.87. The van der Waals surface area contributed by atoms with Gasteiger partial charge in [0.25, 0.3) is 5.91 Å². The number of hydrogen-bond donors (Lipinski definition) is 0. The first-order chi connectivity index (χ1) is 11.6. The number of likely N-dealkylation sites (tertiary alicyclic amines) is 1. The molecule has 0 N–H and O–H groups in total. The molecule has 2 aromatic heterocycles. The van der Waals surface area contributed by atoms with Crippen LogP contribution in [0.2, 0.25) is 0 Å². The van der Waals surface area contributed by atoms with Gasteiger partial charge in [0.05, 0.1) is 13.7 Å². The Labute approximate surface area is 145 Å². The third-order valence-electron chi connectivity index (χ3n) is 3.94. The van der Waals surface area contributed by atoms with Gasteiger partial charge in [-0.3, -0.25) is 4.79 Å². The van der Waals surface area contributed by atoms with Gasteiger partial charge in [0.15, 0.2) is 11.6 Å². The Hall–Kier alpha value is -2.28. The highest BCUT2D eigenvalue weighted by Crippen LogP contribution is 2.30. The predicted molar refractivity (Wildman–Crippen MR) is 94.4 cm³/mol. The molecule has 0 spiro atoms. The molecule has 1 aliphatic rings. The molecule has 3 heterocycles. The minimum atomic E-state index is -0.0252. The summed E-state index contributed by atoms with van der Waals surface area (Å²) in [6.45, 7) is 1.25. The van der Waals surface area contributed by atoms with Gasteiger partial charge in [0, 0.05) is 33.3 Å². The maximum Gasteiger partial charge on any atom is 0.267 e. The SMILES string of the molecule is COc1ccsc1C(=O)N1CCC(Oc2cccnc2N(C)C)C1. The first kappa shape index (κ1) is 16.6. The number of rotatable bonds is 5. The average Bonchev–Trinajstić information content (AvgIpc) is 3.23. The number of aromatic nitrogens is 1. The Morgan fingerprint density at radius 3 is 2.96 bits per heavy atom. The topological polar surface area (TPSA) is 54.9 Å². The average molecular weight is 347 g/mol. The maximum atomic E-state index is 12.6. The third-order valence-corrected chi connectivity index (χ3v) is 4.83. The maximum absolute atomic E-state index is 12.6. The summed E-state index contributed by atoms with van der Waals surface area (Å²) < 4.78 is 11.3. The van der Waals surface area contributed by atoms with E-state index >= 15 is 0 Å². The molecular weight excluding hydrogens is 326 g/mol. The molecule has 128 valence electrons. The molecule has 0 saturated carbocycles. The summed E-state index contributed by atoms with van der Waals surface area (Å²) in [5.74, 6) is 2.18. The van der Waals surface area contributed by atoms with E-state index in [1.807, 2.05) is 47.5 Å². The highest BCUT2D eigenvalue weighted by atomic mass is 32.1. The second-order valence-electron chi connectivity index (χ2n) is 5.82. The van der Waals surface area contributed by atoms with Gasteiger partial charge in [0.1, 0.15) is 16.7 Å². The van der Waals surface area contributed by atoms with Crippen LogP contribution in [0.1, 0.15) is 16.1 Å². The first-order valence-corrected chi connectivity index (χ1v) is 8.68. The van der Waals surface area contributed by atoms with Crippen LogP contribution in [0.5, 0.6) is 11.5 Å². The Bertz CT molecular complexity index is 717. The summed E-state index contributed by atoms with van der Waals surface area (Å²) in [6.07, 6.45) is 2.53. The number of nitrogens with zero attached hydrogens (tertiary/aromatic N) is 3. The lowest BCUT2D eigenvalue weighted by atomic mass is 10.3. The zero-order valence-electron chi connectivity index (χ0n) is 14.1. The lowest BCUT2D eigenvalue weighted by Crippen LogP contribution is -2.30. The smallest absolute Gasteiger partial charge is 0.267 e. The summed E-state index contributed by atoms with van der Waals surface area (Å²) >= 11 is 1.41. The molecule has 7 heteroatoms. The molecule has 0 radical (unpaired) electrons. The van der Waals surface area contributed by atoms with E-state index in [4.69, 9.17) is 9.47 Å². The summed E-state index contributed by atoms with van der Waals surface area (Å²) in [4.78, 5) is 21.4. The Kier molecular flexibility index (Phi) is 4.89. The molecule has 3 rings (SSSR count). The van der Waals surface area contributed by atoms with Crippen LogP contribution >= 0.6 is 11.3 Å². The van der Waals surface area contributed by atoms with E-state index in [-0.39, 0.29) is 12.0 Å². The normalized spacial score (nSPS) is 17.0. The monoisotopic (exact) mass is 347 g/mol. The number of carbonyl (C=O) groups is 1. The summed E-state index contributed by atoms with van der Waals surface area (Å²) in [6, 6.07) is 5.59. The van der Waals surface area contributed by atoms with Crippen LogP contribution in [-0.4, -0.2) is 56.2 Å². The molecule has 1 saturated heterocycles. The fraction of sp³-hybridized carbons (Fsp3) is 0.412. The van der Waals surface area contributed by atoms with Gasteiger partial charge in [-0.15, -0.1) is 11.3 Å². The van der Waals surface area contributed by atoms with Gasteiger partial charge in [-0.05, 0) is 23.6 Å². The molecule has 1 fully saturated rings. The molecule has 1 unspecified atom stereocenters. The predicted octanol–water partition coefficient (Wildman–Crippen LogP) is 2.51. The zero-order chi connectivity index (χ0) is 17.1. The van der Waals surface area contributed by atoms with Crippen LogP contribution in [0.4, 0.5) is 5.82 Å². The van der Waals surface area contributed by atoms with E-state index in [2.05, 4.69) is 4.98 Å². The Morgan fingerprint density at radius 2 is 2.21 bits per heavy atom. The van der Waals surface area contributed by atoms with E-state index in [0.717, 1.165) is 18.0 Å². The van der Waals surface area contributed by atoms with Crippen molar-refractivity contribution < 1.29 is 14.3 Å². The van der Waals surface area contributed by atoms with E-state index in [0.29, 0.717) is 23.7 Å². The highest BCUT2D eigenvalue weighted by molar-refractivity contribution is 7.12. The molecule has 2 aromatic rings. The molecule has 0 bridgehead atoms. The minimum absolute atomic E-state index is 0.00645. The van der Waals surface area contributed by atoms with Gasteiger partial charge in [-0.2, -0.15) is 0 Å². The summed E-state index contributed by atoms with van der Waals surface area (Å²) in [7, 11) is 5.45. The number of hydrogen-bond acceptors (Lipinski definition) is 6. The standard InChI is InChI=1S/C17H21N3O3S/c1-19(2)16-14(5-4-8-18-16)23-12-6-9-20(11-12)17(21)15-13(22-3)7-10-24-15/h4-5,7-8,10,12H,6,9,11H2,1-3H3. The number of anilines is 1. The minimum Gasteiger partial charge on any atom is -0.495 e. The van der Waals surface area contributed by atoms with Crippen LogP contribution in [-0.2, 0) is 0 Å². The fourth-order valence-corrected chi connectivity index (χ4v) is 3.58.